The maximum atomic E-state index is 13.3. The maximum Gasteiger partial charge on any atom is 0.323 e. The molecule has 0 saturated heterocycles. The van der Waals surface area contributed by atoms with E-state index >= 15 is 0 Å². The lowest BCUT2D eigenvalue weighted by molar-refractivity contribution is -0.137. The third kappa shape index (κ3) is 4.19. The van der Waals surface area contributed by atoms with Crippen LogP contribution in [0.15, 0.2) is 18.2 Å². The highest BCUT2D eigenvalue weighted by molar-refractivity contribution is 5.94. The van der Waals surface area contributed by atoms with E-state index in [1.165, 1.54) is 0 Å². The van der Waals surface area contributed by atoms with Gasteiger partial charge >= 0.3 is 12.0 Å². The molecule has 9 heteroatoms. The zero-order valence-corrected chi connectivity index (χ0v) is 10.1. The van der Waals surface area contributed by atoms with E-state index in [1.54, 1.807) is 0 Å². The lowest BCUT2D eigenvalue weighted by Crippen LogP contribution is -2.43. The summed E-state index contributed by atoms with van der Waals surface area (Å²) in [5, 5.41) is 10.5. The molecule has 0 aromatic heterocycles. The van der Waals surface area contributed by atoms with Gasteiger partial charge in [-0.15, -0.1) is 0 Å². The Morgan fingerprint density at radius 2 is 1.75 bits per heavy atom. The maximum absolute atomic E-state index is 13.3. The van der Waals surface area contributed by atoms with Gasteiger partial charge in [-0.05, 0) is 12.1 Å². The van der Waals surface area contributed by atoms with Gasteiger partial charge in [0.1, 0.15) is 30.4 Å². The van der Waals surface area contributed by atoms with E-state index in [0.717, 1.165) is 18.2 Å². The number of amides is 3. The number of primary amides is 1. The number of carboxylic acid groups (broad SMARTS) is 1. The molecular formula is C11H11F2N3O4. The van der Waals surface area contributed by atoms with E-state index in [1.807, 2.05) is 5.32 Å². The largest absolute Gasteiger partial charge is 0.480 e. The average molecular weight is 287 g/mol. The Morgan fingerprint density at radius 3 is 2.20 bits per heavy atom. The molecule has 1 aromatic carbocycles. The quantitative estimate of drug-likeness (QED) is 0.726. The summed E-state index contributed by atoms with van der Waals surface area (Å²) in [6.45, 7) is -1.54. The van der Waals surface area contributed by atoms with Crippen LogP contribution in [0.3, 0.4) is 0 Å². The molecule has 20 heavy (non-hydrogen) atoms. The summed E-state index contributed by atoms with van der Waals surface area (Å²) in [6, 6.07) is 1.76. The normalized spacial score (nSPS) is 9.90. The number of halogens is 2. The molecule has 7 nitrogen and oxygen atoms in total. The second-order valence-electron chi connectivity index (χ2n) is 3.74. The van der Waals surface area contributed by atoms with Crippen LogP contribution in [0.1, 0.15) is 0 Å². The van der Waals surface area contributed by atoms with Gasteiger partial charge in [-0.2, -0.15) is 0 Å². The molecule has 3 amide bonds. The first-order valence-electron chi connectivity index (χ1n) is 5.31. The number of para-hydroxylation sites is 1. The molecule has 0 aliphatic carbocycles. The van der Waals surface area contributed by atoms with Crippen LogP contribution in [-0.4, -0.2) is 41.0 Å². The summed E-state index contributed by atoms with van der Waals surface area (Å²) in [5.41, 5.74) is 4.12. The molecule has 0 bridgehead atoms. The Morgan fingerprint density at radius 1 is 1.20 bits per heavy atom. The van der Waals surface area contributed by atoms with Crippen LogP contribution in [0.2, 0.25) is 0 Å². The fourth-order valence-electron chi connectivity index (χ4n) is 1.35. The molecule has 0 unspecified atom stereocenters. The van der Waals surface area contributed by atoms with Crippen LogP contribution >= 0.6 is 0 Å². The summed E-state index contributed by atoms with van der Waals surface area (Å²) in [4.78, 5) is 33.5. The molecule has 0 aliphatic rings. The highest BCUT2D eigenvalue weighted by atomic mass is 19.1. The number of nitrogens with two attached hydrogens (primary N) is 1. The number of aliphatic carboxylic acids is 1. The van der Waals surface area contributed by atoms with E-state index in [4.69, 9.17) is 10.8 Å². The first-order chi connectivity index (χ1) is 9.31. The number of carbonyl (C=O) groups is 3. The minimum atomic E-state index is -1.41. The lowest BCUT2D eigenvalue weighted by atomic mass is 10.3. The number of carboxylic acids is 1. The van der Waals surface area contributed by atoms with Gasteiger partial charge in [-0.1, -0.05) is 6.07 Å². The Kier molecular flexibility index (Phi) is 4.95. The number of nitrogens with zero attached hydrogens (tertiary/aromatic N) is 1. The molecule has 0 heterocycles. The molecule has 0 aliphatic heterocycles. The monoisotopic (exact) mass is 287 g/mol. The summed E-state index contributed by atoms with van der Waals surface area (Å²) < 4.78 is 26.6. The number of anilines is 1. The second kappa shape index (κ2) is 6.45. The van der Waals surface area contributed by atoms with Gasteiger partial charge in [0.2, 0.25) is 5.91 Å². The van der Waals surface area contributed by atoms with E-state index in [9.17, 15) is 23.2 Å². The van der Waals surface area contributed by atoms with Crippen molar-refractivity contribution in [1.82, 2.24) is 4.90 Å². The van der Waals surface area contributed by atoms with Gasteiger partial charge in [0.05, 0.1) is 0 Å². The summed E-state index contributed by atoms with van der Waals surface area (Å²) in [7, 11) is 0. The van der Waals surface area contributed by atoms with Gasteiger partial charge in [0.25, 0.3) is 0 Å². The lowest BCUT2D eigenvalue weighted by Gasteiger charge is -2.19. The number of hydrogen-bond acceptors (Lipinski definition) is 3. The minimum Gasteiger partial charge on any atom is -0.480 e. The molecule has 0 radical (unpaired) electrons. The Hall–Kier alpha value is -2.71. The fourth-order valence-corrected chi connectivity index (χ4v) is 1.35. The molecule has 0 spiro atoms. The molecule has 1 rings (SSSR count). The van der Waals surface area contributed by atoms with Crippen molar-refractivity contribution in [2.24, 2.45) is 5.73 Å². The van der Waals surface area contributed by atoms with Crippen LogP contribution in [0.4, 0.5) is 19.3 Å². The highest BCUT2D eigenvalue weighted by Crippen LogP contribution is 2.18. The summed E-state index contributed by atoms with van der Waals surface area (Å²) in [6.07, 6.45) is 0. The third-order valence-corrected chi connectivity index (χ3v) is 2.15. The van der Waals surface area contributed by atoms with Crippen molar-refractivity contribution >= 4 is 23.6 Å². The summed E-state index contributed by atoms with van der Waals surface area (Å²) in [5.74, 6) is -4.44. The number of carbonyl (C=O) groups excluding carboxylic acids is 2. The predicted molar refractivity (Wildman–Crippen MR) is 63.8 cm³/mol. The van der Waals surface area contributed by atoms with E-state index < -0.39 is 48.3 Å². The Balaban J connectivity index is 2.90. The van der Waals surface area contributed by atoms with E-state index in [-0.39, 0.29) is 0 Å². The summed E-state index contributed by atoms with van der Waals surface area (Å²) >= 11 is 0. The second-order valence-corrected chi connectivity index (χ2v) is 3.74. The highest BCUT2D eigenvalue weighted by Gasteiger charge is 2.21. The first kappa shape index (κ1) is 15.3. The van der Waals surface area contributed by atoms with Crippen molar-refractivity contribution in [3.8, 4) is 0 Å². The van der Waals surface area contributed by atoms with Crippen LogP contribution in [0.5, 0.6) is 0 Å². The van der Waals surface area contributed by atoms with Gasteiger partial charge < -0.3 is 21.1 Å². The molecule has 0 fully saturated rings. The topological polar surface area (TPSA) is 113 Å². The van der Waals surface area contributed by atoms with Gasteiger partial charge in [0, 0.05) is 0 Å². The fraction of sp³-hybridized carbons (Fsp3) is 0.182. The average Bonchev–Trinajstić information content (AvgIpc) is 2.31. The first-order valence-corrected chi connectivity index (χ1v) is 5.31. The standard InChI is InChI=1S/C11H11F2N3O4/c12-6-2-1-3-7(13)10(6)15-11(20)16(4-8(14)17)5-9(18)19/h1-3H,4-5H2,(H2,14,17)(H,15,20)(H,18,19). The zero-order valence-electron chi connectivity index (χ0n) is 10.1. The SMILES string of the molecule is NC(=O)CN(CC(=O)O)C(=O)Nc1c(F)cccc1F. The van der Waals surface area contributed by atoms with Gasteiger partial charge in [-0.25, -0.2) is 13.6 Å². The molecular weight excluding hydrogens is 276 g/mol. The molecule has 1 aromatic rings. The van der Waals surface area contributed by atoms with Crippen molar-refractivity contribution in [3.63, 3.8) is 0 Å². The zero-order chi connectivity index (χ0) is 15.3. The van der Waals surface area contributed by atoms with Crippen molar-refractivity contribution in [2.45, 2.75) is 0 Å². The van der Waals surface area contributed by atoms with Gasteiger partial charge in [0.15, 0.2) is 0 Å². The molecule has 108 valence electrons. The van der Waals surface area contributed by atoms with Crippen LogP contribution in [0, 0.1) is 11.6 Å². The van der Waals surface area contributed by atoms with Crippen LogP contribution in [-0.2, 0) is 9.59 Å². The van der Waals surface area contributed by atoms with Crippen LogP contribution in [0.25, 0.3) is 0 Å². The smallest absolute Gasteiger partial charge is 0.323 e. The number of urea groups is 1. The Bertz CT molecular complexity index is 514. The van der Waals surface area contributed by atoms with Crippen LogP contribution < -0.4 is 11.1 Å². The van der Waals surface area contributed by atoms with Crippen molar-refractivity contribution in [3.05, 3.63) is 29.8 Å². The minimum absolute atomic E-state index is 0.510. The molecule has 0 atom stereocenters. The number of rotatable bonds is 5. The van der Waals surface area contributed by atoms with Gasteiger partial charge in [-0.3, -0.25) is 9.59 Å². The number of benzene rings is 1. The molecule has 0 saturated carbocycles. The van der Waals surface area contributed by atoms with Crippen molar-refractivity contribution in [1.29, 1.82) is 0 Å². The Labute approximate surface area is 112 Å². The van der Waals surface area contributed by atoms with Crippen molar-refractivity contribution < 1.29 is 28.3 Å². The van der Waals surface area contributed by atoms with Crippen molar-refractivity contribution in [2.75, 3.05) is 18.4 Å². The van der Waals surface area contributed by atoms with E-state index in [0.29, 0.717) is 4.90 Å². The number of hydrogen-bond donors (Lipinski definition) is 3. The predicted octanol–water partition coefficient (Wildman–Crippen LogP) is 0.369. The molecule has 4 N–H and O–H groups in total. The third-order valence-electron chi connectivity index (χ3n) is 2.15. The number of nitrogens with one attached hydrogen (secondary N) is 1. The van der Waals surface area contributed by atoms with E-state index in [2.05, 4.69) is 0 Å².